The number of rotatable bonds is 4. The van der Waals surface area contributed by atoms with Gasteiger partial charge in [-0.15, -0.1) is 0 Å². The Morgan fingerprint density at radius 3 is 2.54 bits per heavy atom. The molecule has 7 heteroatoms. The smallest absolute Gasteiger partial charge is 0.274 e. The standard InChI is InChI=1S/C19H18N2O4S/c1-12-4-7-15(26(3,23)24)11-18(12)21-19(22)17-8-5-13-10-14(25-2)6-9-16(13)20-17/h4-11H,1-3H3,(H,21,22). The third-order valence-corrected chi connectivity index (χ3v) is 5.12. The number of anilines is 1. The van der Waals surface area contributed by atoms with Gasteiger partial charge in [-0.2, -0.15) is 0 Å². The van der Waals surface area contributed by atoms with Crippen molar-refractivity contribution < 1.29 is 17.9 Å². The van der Waals surface area contributed by atoms with Gasteiger partial charge in [-0.3, -0.25) is 4.79 Å². The maximum Gasteiger partial charge on any atom is 0.274 e. The van der Waals surface area contributed by atoms with Crippen LogP contribution in [0.2, 0.25) is 0 Å². The number of nitrogens with one attached hydrogen (secondary N) is 1. The second-order valence-corrected chi connectivity index (χ2v) is 7.97. The van der Waals surface area contributed by atoms with E-state index in [4.69, 9.17) is 4.74 Å². The van der Waals surface area contributed by atoms with E-state index in [9.17, 15) is 13.2 Å². The van der Waals surface area contributed by atoms with Crippen molar-refractivity contribution in [1.29, 1.82) is 0 Å². The Bertz CT molecular complexity index is 1110. The van der Waals surface area contributed by atoms with Gasteiger partial charge in [0.1, 0.15) is 11.4 Å². The molecule has 0 unspecified atom stereocenters. The molecule has 2 aromatic carbocycles. The van der Waals surface area contributed by atoms with E-state index in [-0.39, 0.29) is 10.6 Å². The summed E-state index contributed by atoms with van der Waals surface area (Å²) in [4.78, 5) is 17.1. The van der Waals surface area contributed by atoms with E-state index in [0.29, 0.717) is 17.0 Å². The number of carbonyl (C=O) groups is 1. The average molecular weight is 370 g/mol. The molecule has 0 bridgehead atoms. The molecular formula is C19H18N2O4S. The average Bonchev–Trinajstić information content (AvgIpc) is 2.61. The third kappa shape index (κ3) is 3.67. The van der Waals surface area contributed by atoms with E-state index in [1.807, 2.05) is 6.07 Å². The summed E-state index contributed by atoms with van der Waals surface area (Å²) >= 11 is 0. The van der Waals surface area contributed by atoms with Crippen LogP contribution in [0.1, 0.15) is 16.1 Å². The molecule has 1 N–H and O–H groups in total. The van der Waals surface area contributed by atoms with Crippen LogP contribution in [-0.4, -0.2) is 32.7 Å². The maximum atomic E-state index is 12.5. The van der Waals surface area contributed by atoms with Crippen LogP contribution in [0.5, 0.6) is 5.75 Å². The molecule has 3 aromatic rings. The zero-order valence-electron chi connectivity index (χ0n) is 14.6. The minimum absolute atomic E-state index is 0.150. The molecule has 3 rings (SSSR count). The molecule has 1 amide bonds. The number of benzene rings is 2. The van der Waals surface area contributed by atoms with Crippen molar-refractivity contribution in [2.24, 2.45) is 0 Å². The highest BCUT2D eigenvalue weighted by molar-refractivity contribution is 7.90. The lowest BCUT2D eigenvalue weighted by molar-refractivity contribution is 0.102. The fourth-order valence-electron chi connectivity index (χ4n) is 2.51. The monoisotopic (exact) mass is 370 g/mol. The first-order chi connectivity index (χ1) is 12.3. The Morgan fingerprint density at radius 1 is 1.08 bits per heavy atom. The minimum Gasteiger partial charge on any atom is -0.497 e. The molecule has 134 valence electrons. The highest BCUT2D eigenvalue weighted by Crippen LogP contribution is 2.22. The predicted molar refractivity (Wildman–Crippen MR) is 101 cm³/mol. The zero-order chi connectivity index (χ0) is 18.9. The summed E-state index contributed by atoms with van der Waals surface area (Å²) in [5, 5.41) is 3.59. The first-order valence-electron chi connectivity index (χ1n) is 7.85. The highest BCUT2D eigenvalue weighted by Gasteiger charge is 2.14. The second-order valence-electron chi connectivity index (χ2n) is 5.96. The predicted octanol–water partition coefficient (Wildman–Crippen LogP) is 3.21. The van der Waals surface area contributed by atoms with Crippen molar-refractivity contribution in [3.05, 3.63) is 59.8 Å². The number of hydrogen-bond donors (Lipinski definition) is 1. The van der Waals surface area contributed by atoms with Gasteiger partial charge in [0.15, 0.2) is 9.84 Å². The summed E-state index contributed by atoms with van der Waals surface area (Å²) in [6, 6.07) is 13.4. The Labute approximate surface area is 151 Å². The molecule has 0 saturated heterocycles. The zero-order valence-corrected chi connectivity index (χ0v) is 15.4. The normalized spacial score (nSPS) is 11.3. The van der Waals surface area contributed by atoms with E-state index in [2.05, 4.69) is 10.3 Å². The first-order valence-corrected chi connectivity index (χ1v) is 9.74. The molecule has 6 nitrogen and oxygen atoms in total. The number of hydrogen-bond acceptors (Lipinski definition) is 5. The summed E-state index contributed by atoms with van der Waals surface area (Å²) < 4.78 is 28.6. The fraction of sp³-hybridized carbons (Fsp3) is 0.158. The highest BCUT2D eigenvalue weighted by atomic mass is 32.2. The molecule has 0 aliphatic heterocycles. The van der Waals surface area contributed by atoms with Gasteiger partial charge in [-0.25, -0.2) is 13.4 Å². The Hall–Kier alpha value is -2.93. The van der Waals surface area contributed by atoms with Crippen molar-refractivity contribution >= 4 is 32.3 Å². The van der Waals surface area contributed by atoms with Gasteiger partial charge in [0, 0.05) is 17.3 Å². The summed E-state index contributed by atoms with van der Waals surface area (Å²) in [6.45, 7) is 1.79. The summed E-state index contributed by atoms with van der Waals surface area (Å²) in [6.07, 6.45) is 1.13. The molecule has 0 atom stereocenters. The van der Waals surface area contributed by atoms with E-state index in [1.54, 1.807) is 44.4 Å². The number of aryl methyl sites for hydroxylation is 1. The molecule has 0 saturated carbocycles. The number of amides is 1. The third-order valence-electron chi connectivity index (χ3n) is 4.01. The van der Waals surface area contributed by atoms with Crippen molar-refractivity contribution in [3.8, 4) is 5.75 Å². The van der Waals surface area contributed by atoms with Crippen LogP contribution in [-0.2, 0) is 9.84 Å². The first kappa shape index (κ1) is 17.9. The second kappa shape index (κ2) is 6.76. The lowest BCUT2D eigenvalue weighted by Crippen LogP contribution is -2.15. The molecular weight excluding hydrogens is 352 g/mol. The number of fused-ring (bicyclic) bond motifs is 1. The van der Waals surface area contributed by atoms with Gasteiger partial charge in [-0.05, 0) is 48.9 Å². The van der Waals surface area contributed by atoms with Crippen molar-refractivity contribution in [3.63, 3.8) is 0 Å². The number of ether oxygens (including phenoxy) is 1. The lowest BCUT2D eigenvalue weighted by atomic mass is 10.1. The van der Waals surface area contributed by atoms with Crippen LogP contribution in [0, 0.1) is 6.92 Å². The quantitative estimate of drug-likeness (QED) is 0.762. The molecule has 0 spiro atoms. The van der Waals surface area contributed by atoms with Gasteiger partial charge >= 0.3 is 0 Å². The van der Waals surface area contributed by atoms with Crippen LogP contribution in [0.3, 0.4) is 0 Å². The van der Waals surface area contributed by atoms with Crippen molar-refractivity contribution in [1.82, 2.24) is 4.98 Å². The van der Waals surface area contributed by atoms with Crippen LogP contribution >= 0.6 is 0 Å². The van der Waals surface area contributed by atoms with E-state index in [0.717, 1.165) is 17.2 Å². The Morgan fingerprint density at radius 2 is 1.85 bits per heavy atom. The van der Waals surface area contributed by atoms with Crippen LogP contribution in [0.15, 0.2) is 53.4 Å². The van der Waals surface area contributed by atoms with Gasteiger partial charge in [0.2, 0.25) is 0 Å². The Balaban J connectivity index is 1.92. The largest absolute Gasteiger partial charge is 0.497 e. The van der Waals surface area contributed by atoms with Crippen molar-refractivity contribution in [2.75, 3.05) is 18.7 Å². The fourth-order valence-corrected chi connectivity index (χ4v) is 3.16. The number of pyridine rings is 1. The lowest BCUT2D eigenvalue weighted by Gasteiger charge is -2.10. The van der Waals surface area contributed by atoms with Crippen molar-refractivity contribution in [2.45, 2.75) is 11.8 Å². The molecule has 26 heavy (non-hydrogen) atoms. The van der Waals surface area contributed by atoms with E-state index in [1.165, 1.54) is 12.1 Å². The van der Waals surface area contributed by atoms with Gasteiger partial charge < -0.3 is 10.1 Å². The van der Waals surface area contributed by atoms with Gasteiger partial charge in [0.25, 0.3) is 5.91 Å². The minimum atomic E-state index is -3.36. The Kier molecular flexibility index (Phi) is 4.65. The summed E-state index contributed by atoms with van der Waals surface area (Å²) in [5.41, 5.74) is 2.11. The van der Waals surface area contributed by atoms with Crippen LogP contribution in [0.25, 0.3) is 10.9 Å². The maximum absolute atomic E-state index is 12.5. The molecule has 0 aliphatic rings. The SMILES string of the molecule is COc1ccc2nc(C(=O)Nc3cc(S(C)(=O)=O)ccc3C)ccc2c1. The van der Waals surface area contributed by atoms with Crippen LogP contribution < -0.4 is 10.1 Å². The number of carbonyl (C=O) groups excluding carboxylic acids is 1. The molecule has 0 fully saturated rings. The number of aromatic nitrogens is 1. The van der Waals surface area contributed by atoms with E-state index < -0.39 is 15.7 Å². The summed E-state index contributed by atoms with van der Waals surface area (Å²) in [7, 11) is -1.77. The topological polar surface area (TPSA) is 85.4 Å². The van der Waals surface area contributed by atoms with Crippen LogP contribution in [0.4, 0.5) is 5.69 Å². The number of nitrogens with zero attached hydrogens (tertiary/aromatic N) is 1. The van der Waals surface area contributed by atoms with E-state index >= 15 is 0 Å². The molecule has 1 heterocycles. The number of sulfone groups is 1. The molecule has 1 aromatic heterocycles. The molecule has 0 radical (unpaired) electrons. The molecule has 0 aliphatic carbocycles. The van der Waals surface area contributed by atoms with Gasteiger partial charge in [-0.1, -0.05) is 12.1 Å². The van der Waals surface area contributed by atoms with Gasteiger partial charge in [0.05, 0.1) is 17.5 Å². The number of methoxy groups -OCH3 is 1. The summed E-state index contributed by atoms with van der Waals surface area (Å²) in [5.74, 6) is 0.307.